The Balaban J connectivity index is 1.47. The van der Waals surface area contributed by atoms with E-state index in [-0.39, 0.29) is 11.8 Å². The van der Waals surface area contributed by atoms with Crippen LogP contribution in [-0.4, -0.2) is 36.7 Å². The molecule has 2 aromatic rings. The number of likely N-dealkylation sites (tertiary alicyclic amines) is 1. The van der Waals surface area contributed by atoms with E-state index in [1.807, 2.05) is 43.3 Å². The Kier molecular flexibility index (Phi) is 7.06. The lowest BCUT2D eigenvalue weighted by Crippen LogP contribution is -2.39. The van der Waals surface area contributed by atoms with E-state index in [1.165, 1.54) is 5.56 Å². The number of nitrogens with one attached hydrogen (secondary N) is 1. The van der Waals surface area contributed by atoms with Gasteiger partial charge in [-0.1, -0.05) is 23.7 Å². The van der Waals surface area contributed by atoms with Gasteiger partial charge in [-0.2, -0.15) is 5.10 Å². The van der Waals surface area contributed by atoms with Gasteiger partial charge in [-0.15, -0.1) is 0 Å². The van der Waals surface area contributed by atoms with Crippen molar-refractivity contribution in [3.05, 3.63) is 64.7 Å². The van der Waals surface area contributed by atoms with E-state index in [9.17, 15) is 4.79 Å². The summed E-state index contributed by atoms with van der Waals surface area (Å²) >= 11 is 5.94. The second-order valence-corrected chi connectivity index (χ2v) is 7.52. The quantitative estimate of drug-likeness (QED) is 0.587. The van der Waals surface area contributed by atoms with Crippen molar-refractivity contribution in [3.8, 4) is 5.75 Å². The molecule has 0 radical (unpaired) electrons. The number of piperidine rings is 1. The molecule has 1 heterocycles. The van der Waals surface area contributed by atoms with Crippen molar-refractivity contribution in [2.75, 3.05) is 20.2 Å². The van der Waals surface area contributed by atoms with Crippen LogP contribution in [0.4, 0.5) is 0 Å². The molecule has 3 rings (SSSR count). The maximum Gasteiger partial charge on any atom is 0.243 e. The number of carbonyl (C=O) groups excluding carboxylic acids is 1. The van der Waals surface area contributed by atoms with Crippen molar-refractivity contribution >= 4 is 23.2 Å². The smallest absolute Gasteiger partial charge is 0.243 e. The predicted octanol–water partition coefficient (Wildman–Crippen LogP) is 4.10. The van der Waals surface area contributed by atoms with Gasteiger partial charge in [0.15, 0.2) is 0 Å². The number of ether oxygens (including phenoxy) is 1. The molecule has 1 fully saturated rings. The fourth-order valence-corrected chi connectivity index (χ4v) is 3.45. The molecule has 2 aromatic carbocycles. The van der Waals surface area contributed by atoms with E-state index < -0.39 is 0 Å². The number of hydrogen-bond acceptors (Lipinski definition) is 4. The van der Waals surface area contributed by atoms with Gasteiger partial charge >= 0.3 is 0 Å². The molecule has 1 saturated heterocycles. The molecule has 0 spiro atoms. The van der Waals surface area contributed by atoms with Crippen molar-refractivity contribution in [1.82, 2.24) is 10.3 Å². The molecule has 6 heteroatoms. The van der Waals surface area contributed by atoms with Crippen LogP contribution in [-0.2, 0) is 11.3 Å². The first kappa shape index (κ1) is 20.4. The molecule has 1 N–H and O–H groups in total. The van der Waals surface area contributed by atoms with Crippen LogP contribution in [0.2, 0.25) is 5.02 Å². The summed E-state index contributed by atoms with van der Waals surface area (Å²) in [5, 5.41) is 5.02. The summed E-state index contributed by atoms with van der Waals surface area (Å²) in [4.78, 5) is 14.8. The first-order valence-electron chi connectivity index (χ1n) is 9.50. The SMILES string of the molecule is COc1ccc(/C(C)=N/NC(=O)C2CCN(Cc3ccc(Cl)cc3)CC2)cc1. The fraction of sp³-hybridized carbons (Fsp3) is 0.364. The minimum atomic E-state index is -0.000922. The summed E-state index contributed by atoms with van der Waals surface area (Å²) in [5.41, 5.74) is 5.71. The van der Waals surface area contributed by atoms with Crippen LogP contribution in [0.5, 0.6) is 5.75 Å². The first-order chi connectivity index (χ1) is 13.5. The normalized spacial score (nSPS) is 16.0. The number of amides is 1. The highest BCUT2D eigenvalue weighted by molar-refractivity contribution is 6.30. The molecule has 0 aliphatic carbocycles. The Morgan fingerprint density at radius 1 is 1.14 bits per heavy atom. The predicted molar refractivity (Wildman–Crippen MR) is 113 cm³/mol. The Hall–Kier alpha value is -2.37. The summed E-state index contributed by atoms with van der Waals surface area (Å²) in [7, 11) is 1.64. The first-order valence-corrected chi connectivity index (χ1v) is 9.88. The molecule has 0 atom stereocenters. The van der Waals surface area contributed by atoms with Gasteiger partial charge in [0.1, 0.15) is 5.75 Å². The van der Waals surface area contributed by atoms with Crippen LogP contribution in [0.25, 0.3) is 0 Å². The lowest BCUT2D eigenvalue weighted by atomic mass is 9.96. The van der Waals surface area contributed by atoms with Gasteiger partial charge < -0.3 is 4.74 Å². The van der Waals surface area contributed by atoms with Crippen LogP contribution in [0.15, 0.2) is 53.6 Å². The minimum Gasteiger partial charge on any atom is -0.497 e. The van der Waals surface area contributed by atoms with Crippen molar-refractivity contribution in [2.45, 2.75) is 26.3 Å². The zero-order valence-corrected chi connectivity index (χ0v) is 17.1. The number of benzene rings is 2. The highest BCUT2D eigenvalue weighted by Gasteiger charge is 2.24. The maximum absolute atomic E-state index is 12.5. The largest absolute Gasteiger partial charge is 0.497 e. The van der Waals surface area contributed by atoms with Crippen LogP contribution in [0.1, 0.15) is 30.9 Å². The molecule has 1 aliphatic rings. The van der Waals surface area contributed by atoms with Crippen LogP contribution >= 0.6 is 11.6 Å². The third kappa shape index (κ3) is 5.57. The number of rotatable bonds is 6. The Bertz CT molecular complexity index is 811. The average molecular weight is 400 g/mol. The zero-order chi connectivity index (χ0) is 19.9. The van der Waals surface area contributed by atoms with Gasteiger partial charge in [0.05, 0.1) is 12.8 Å². The third-order valence-corrected chi connectivity index (χ3v) is 5.37. The van der Waals surface area contributed by atoms with Crippen LogP contribution < -0.4 is 10.2 Å². The van der Waals surface area contributed by atoms with Gasteiger partial charge in [-0.05, 0) is 80.4 Å². The number of nitrogens with zero attached hydrogens (tertiary/aromatic N) is 2. The van der Waals surface area contributed by atoms with Crippen molar-refractivity contribution < 1.29 is 9.53 Å². The second-order valence-electron chi connectivity index (χ2n) is 7.08. The lowest BCUT2D eigenvalue weighted by Gasteiger charge is -2.30. The van der Waals surface area contributed by atoms with Gasteiger partial charge in [-0.25, -0.2) is 5.43 Å². The molecule has 1 aliphatic heterocycles. The average Bonchev–Trinajstić information content (AvgIpc) is 2.74. The maximum atomic E-state index is 12.5. The summed E-state index contributed by atoms with van der Waals surface area (Å²) in [6.45, 7) is 4.58. The lowest BCUT2D eigenvalue weighted by molar-refractivity contribution is -0.126. The summed E-state index contributed by atoms with van der Waals surface area (Å²) < 4.78 is 5.16. The zero-order valence-electron chi connectivity index (χ0n) is 16.3. The molecule has 5 nitrogen and oxygen atoms in total. The van der Waals surface area contributed by atoms with E-state index in [1.54, 1.807) is 7.11 Å². The molecule has 1 amide bonds. The van der Waals surface area contributed by atoms with Gasteiger partial charge in [0, 0.05) is 17.5 Å². The minimum absolute atomic E-state index is 0.000922. The number of methoxy groups -OCH3 is 1. The van der Waals surface area contributed by atoms with Gasteiger partial charge in [0.2, 0.25) is 5.91 Å². The van der Waals surface area contributed by atoms with Crippen molar-refractivity contribution in [1.29, 1.82) is 0 Å². The van der Waals surface area contributed by atoms with E-state index >= 15 is 0 Å². The number of halogens is 1. The van der Waals surface area contributed by atoms with Crippen molar-refractivity contribution in [3.63, 3.8) is 0 Å². The van der Waals surface area contributed by atoms with Gasteiger partial charge in [-0.3, -0.25) is 9.69 Å². The molecular weight excluding hydrogens is 374 g/mol. The standard InChI is InChI=1S/C22H26ClN3O2/c1-16(18-5-9-21(28-2)10-6-18)24-25-22(27)19-11-13-26(14-12-19)15-17-3-7-20(23)8-4-17/h3-10,19H,11-15H2,1-2H3,(H,25,27)/b24-16+. The molecular formula is C22H26ClN3O2. The number of carbonyl (C=O) groups is 1. The number of hydrazone groups is 1. The van der Waals surface area contributed by atoms with Crippen LogP contribution in [0.3, 0.4) is 0 Å². The Morgan fingerprint density at radius 2 is 1.79 bits per heavy atom. The molecule has 0 unspecified atom stereocenters. The molecule has 0 saturated carbocycles. The van der Waals surface area contributed by atoms with Crippen molar-refractivity contribution in [2.24, 2.45) is 11.0 Å². The van der Waals surface area contributed by atoms with Gasteiger partial charge in [0.25, 0.3) is 0 Å². The van der Waals surface area contributed by atoms with E-state index in [2.05, 4.69) is 27.6 Å². The third-order valence-electron chi connectivity index (χ3n) is 5.12. The molecule has 0 bridgehead atoms. The van der Waals surface area contributed by atoms with E-state index in [0.29, 0.717) is 0 Å². The monoisotopic (exact) mass is 399 g/mol. The van der Waals surface area contributed by atoms with E-state index in [4.69, 9.17) is 16.3 Å². The molecule has 28 heavy (non-hydrogen) atoms. The highest BCUT2D eigenvalue weighted by Crippen LogP contribution is 2.20. The highest BCUT2D eigenvalue weighted by atomic mass is 35.5. The fourth-order valence-electron chi connectivity index (χ4n) is 3.33. The topological polar surface area (TPSA) is 53.9 Å². The summed E-state index contributed by atoms with van der Waals surface area (Å²) in [6, 6.07) is 15.6. The van der Waals surface area contributed by atoms with E-state index in [0.717, 1.165) is 54.5 Å². The molecule has 148 valence electrons. The number of hydrogen-bond donors (Lipinski definition) is 1. The second kappa shape index (κ2) is 9.71. The van der Waals surface area contributed by atoms with Crippen LogP contribution in [0, 0.1) is 5.92 Å². The summed E-state index contributed by atoms with van der Waals surface area (Å²) in [5.74, 6) is 0.804. The Labute approximate surface area is 171 Å². The Morgan fingerprint density at radius 3 is 2.39 bits per heavy atom. The summed E-state index contributed by atoms with van der Waals surface area (Å²) in [6.07, 6.45) is 1.69. The molecule has 0 aromatic heterocycles.